The lowest BCUT2D eigenvalue weighted by molar-refractivity contribution is -0.167. The number of carbonyl (C=O) groups is 3. The van der Waals surface area contributed by atoms with Crippen molar-refractivity contribution in [2.45, 2.75) is 374 Å². The van der Waals surface area contributed by atoms with Gasteiger partial charge in [0.15, 0.2) is 6.10 Å². The van der Waals surface area contributed by atoms with Crippen LogP contribution in [-0.4, -0.2) is 37.2 Å². The summed E-state index contributed by atoms with van der Waals surface area (Å²) in [6.45, 7) is 6.57. The Hall–Kier alpha value is -2.89. The van der Waals surface area contributed by atoms with Crippen LogP contribution in [0.3, 0.4) is 0 Å². The van der Waals surface area contributed by atoms with E-state index in [0.717, 1.165) is 103 Å². The van der Waals surface area contributed by atoms with Gasteiger partial charge in [0, 0.05) is 19.3 Å². The minimum absolute atomic E-state index is 0.0790. The van der Waals surface area contributed by atoms with Crippen LogP contribution < -0.4 is 0 Å². The van der Waals surface area contributed by atoms with Crippen LogP contribution in [0.4, 0.5) is 0 Å². The maximum atomic E-state index is 12.9. The Labute approximate surface area is 491 Å². The maximum Gasteiger partial charge on any atom is 0.306 e. The van der Waals surface area contributed by atoms with Gasteiger partial charge in [-0.1, -0.05) is 306 Å². The molecule has 6 heteroatoms. The van der Waals surface area contributed by atoms with Gasteiger partial charge in [0.2, 0.25) is 0 Å². The van der Waals surface area contributed by atoms with E-state index in [1.807, 2.05) is 0 Å². The number of hydrogen-bond donors (Lipinski definition) is 0. The van der Waals surface area contributed by atoms with Crippen LogP contribution >= 0.6 is 0 Å². The molecule has 460 valence electrons. The van der Waals surface area contributed by atoms with Crippen molar-refractivity contribution < 1.29 is 28.6 Å². The third kappa shape index (κ3) is 65.8. The zero-order chi connectivity index (χ0) is 57.1. The first kappa shape index (κ1) is 76.1. The first-order chi connectivity index (χ1) is 39.0. The third-order valence-corrected chi connectivity index (χ3v) is 15.4. The van der Waals surface area contributed by atoms with Gasteiger partial charge in [-0.15, -0.1) is 0 Å². The molecule has 1 unspecified atom stereocenters. The first-order valence-electron chi connectivity index (χ1n) is 34.8. The number of esters is 3. The predicted molar refractivity (Wildman–Crippen MR) is 344 cm³/mol. The summed E-state index contributed by atoms with van der Waals surface area (Å²) < 4.78 is 16.9. The Morgan fingerprint density at radius 3 is 0.772 bits per heavy atom. The largest absolute Gasteiger partial charge is 0.462 e. The normalized spacial score (nSPS) is 12.4. The topological polar surface area (TPSA) is 78.9 Å². The number of unbranched alkanes of at least 4 members (excludes halogenated alkanes) is 43. The highest BCUT2D eigenvalue weighted by Crippen LogP contribution is 2.18. The van der Waals surface area contributed by atoms with Crippen LogP contribution in [0.15, 0.2) is 60.8 Å². The van der Waals surface area contributed by atoms with Gasteiger partial charge in [0.25, 0.3) is 0 Å². The summed E-state index contributed by atoms with van der Waals surface area (Å²) in [5.74, 6) is -0.887. The molecule has 0 radical (unpaired) electrons. The summed E-state index contributed by atoms with van der Waals surface area (Å²) in [7, 11) is 0. The highest BCUT2D eigenvalue weighted by Gasteiger charge is 2.19. The minimum Gasteiger partial charge on any atom is -0.462 e. The van der Waals surface area contributed by atoms with Crippen molar-refractivity contribution in [3.63, 3.8) is 0 Å². The summed E-state index contributed by atoms with van der Waals surface area (Å²) in [5.41, 5.74) is 0. The SMILES string of the molecule is CCC/C=C\CCCCCCCC(=O)OCC(COC(=O)CCCCCCCCCCCCCCCCCCCCCCCCC/C=C\C/C=C\CCCCCCC)OC(=O)CCCCCCC/C=C\C/C=C\CCCCCC. The molecule has 0 fully saturated rings. The lowest BCUT2D eigenvalue weighted by atomic mass is 10.0. The first-order valence-corrected chi connectivity index (χ1v) is 34.8. The third-order valence-electron chi connectivity index (χ3n) is 15.4. The lowest BCUT2D eigenvalue weighted by Gasteiger charge is -2.18. The fraction of sp³-hybridized carbons (Fsp3) is 0.822. The van der Waals surface area contributed by atoms with Gasteiger partial charge in [-0.3, -0.25) is 14.4 Å². The minimum atomic E-state index is -0.783. The fourth-order valence-corrected chi connectivity index (χ4v) is 10.2. The van der Waals surface area contributed by atoms with Crippen LogP contribution in [-0.2, 0) is 28.6 Å². The van der Waals surface area contributed by atoms with E-state index in [9.17, 15) is 14.4 Å². The Balaban J connectivity index is 4.02. The lowest BCUT2D eigenvalue weighted by Crippen LogP contribution is -2.30. The van der Waals surface area contributed by atoms with Crippen molar-refractivity contribution in [1.82, 2.24) is 0 Å². The second kappa shape index (κ2) is 67.6. The molecule has 0 aromatic heterocycles. The van der Waals surface area contributed by atoms with Crippen molar-refractivity contribution in [1.29, 1.82) is 0 Å². The molecule has 0 aromatic carbocycles. The van der Waals surface area contributed by atoms with E-state index in [-0.39, 0.29) is 31.1 Å². The number of ether oxygens (including phenoxy) is 3. The number of rotatable bonds is 64. The Morgan fingerprint density at radius 1 is 0.253 bits per heavy atom. The number of allylic oxidation sites excluding steroid dienone is 10. The van der Waals surface area contributed by atoms with Crippen LogP contribution in [0.1, 0.15) is 367 Å². The molecular formula is C73H132O6. The number of hydrogen-bond acceptors (Lipinski definition) is 6. The van der Waals surface area contributed by atoms with Gasteiger partial charge in [-0.05, 0) is 103 Å². The van der Waals surface area contributed by atoms with Crippen molar-refractivity contribution >= 4 is 17.9 Å². The molecule has 79 heavy (non-hydrogen) atoms. The maximum absolute atomic E-state index is 12.9. The second-order valence-corrected chi connectivity index (χ2v) is 23.4. The van der Waals surface area contributed by atoms with Gasteiger partial charge >= 0.3 is 17.9 Å². The molecule has 1 atom stereocenters. The van der Waals surface area contributed by atoms with E-state index in [1.165, 1.54) is 225 Å². The molecule has 0 aliphatic rings. The molecule has 6 nitrogen and oxygen atoms in total. The van der Waals surface area contributed by atoms with Gasteiger partial charge in [-0.25, -0.2) is 0 Å². The van der Waals surface area contributed by atoms with E-state index in [0.29, 0.717) is 19.3 Å². The van der Waals surface area contributed by atoms with E-state index in [1.54, 1.807) is 0 Å². The highest BCUT2D eigenvalue weighted by atomic mass is 16.6. The zero-order valence-corrected chi connectivity index (χ0v) is 52.9. The van der Waals surface area contributed by atoms with Gasteiger partial charge < -0.3 is 14.2 Å². The molecule has 0 aliphatic carbocycles. The summed E-state index contributed by atoms with van der Waals surface area (Å²) in [6.07, 6.45) is 87.1. The molecule has 0 amide bonds. The molecule has 0 saturated heterocycles. The average Bonchev–Trinajstić information content (AvgIpc) is 3.45. The van der Waals surface area contributed by atoms with Crippen LogP contribution in [0.5, 0.6) is 0 Å². The van der Waals surface area contributed by atoms with Gasteiger partial charge in [-0.2, -0.15) is 0 Å². The molecule has 0 saturated carbocycles. The van der Waals surface area contributed by atoms with Crippen LogP contribution in [0.2, 0.25) is 0 Å². The van der Waals surface area contributed by atoms with Crippen LogP contribution in [0, 0.1) is 0 Å². The predicted octanol–water partition coefficient (Wildman–Crippen LogP) is 23.9. The Bertz CT molecular complexity index is 1410. The summed E-state index contributed by atoms with van der Waals surface area (Å²) in [4.78, 5) is 38.2. The standard InChI is InChI=1S/C73H132O6/c1-4-7-10-13-16-19-22-24-26-28-29-30-31-32-33-34-35-36-37-38-39-40-41-42-43-44-45-46-48-49-51-54-57-60-63-66-72(75)78-69-70(68-77-71(74)65-62-59-56-53-21-18-15-12-9-6-3)79-73(76)67-64-61-58-55-52-50-47-27-25-23-20-17-14-11-8-5-2/h12,15,20,22-24,27-29,47,70H,4-11,13-14,16-19,21,25-26,30-46,48-69H2,1-3H3/b15-12-,23-20-,24-22-,29-28-,47-27-. The molecule has 0 spiro atoms. The van der Waals surface area contributed by atoms with Crippen LogP contribution in [0.25, 0.3) is 0 Å². The Morgan fingerprint density at radius 2 is 0.481 bits per heavy atom. The zero-order valence-electron chi connectivity index (χ0n) is 52.9. The molecule has 0 N–H and O–H groups in total. The molecular weight excluding hydrogens is 973 g/mol. The quantitative estimate of drug-likeness (QED) is 0.0261. The summed E-state index contributed by atoms with van der Waals surface area (Å²) >= 11 is 0. The molecule has 0 bridgehead atoms. The molecule has 0 aromatic rings. The highest BCUT2D eigenvalue weighted by molar-refractivity contribution is 5.71. The van der Waals surface area contributed by atoms with E-state index >= 15 is 0 Å². The van der Waals surface area contributed by atoms with E-state index in [2.05, 4.69) is 81.5 Å². The smallest absolute Gasteiger partial charge is 0.306 e. The average molecular weight is 1110 g/mol. The molecule has 0 aliphatic heterocycles. The van der Waals surface area contributed by atoms with Crippen molar-refractivity contribution in [2.75, 3.05) is 13.2 Å². The van der Waals surface area contributed by atoms with E-state index in [4.69, 9.17) is 14.2 Å². The van der Waals surface area contributed by atoms with Gasteiger partial charge in [0.05, 0.1) is 0 Å². The monoisotopic (exact) mass is 1110 g/mol. The fourth-order valence-electron chi connectivity index (χ4n) is 10.2. The summed E-state index contributed by atoms with van der Waals surface area (Å²) in [6, 6.07) is 0. The molecule has 0 rings (SSSR count). The number of carbonyl (C=O) groups excluding carboxylic acids is 3. The van der Waals surface area contributed by atoms with Crippen molar-refractivity contribution in [3.05, 3.63) is 60.8 Å². The van der Waals surface area contributed by atoms with Crippen molar-refractivity contribution in [2.24, 2.45) is 0 Å². The summed E-state index contributed by atoms with van der Waals surface area (Å²) in [5, 5.41) is 0. The second-order valence-electron chi connectivity index (χ2n) is 23.4. The van der Waals surface area contributed by atoms with Gasteiger partial charge in [0.1, 0.15) is 13.2 Å². The Kier molecular flexibility index (Phi) is 65.1. The van der Waals surface area contributed by atoms with Crippen molar-refractivity contribution in [3.8, 4) is 0 Å². The van der Waals surface area contributed by atoms with E-state index < -0.39 is 6.10 Å². The molecule has 0 heterocycles.